The molecule has 0 rings (SSSR count). The van der Waals surface area contributed by atoms with Gasteiger partial charge in [-0.2, -0.15) is 0 Å². The number of hydrogen-bond donors (Lipinski definition) is 0. The highest BCUT2D eigenvalue weighted by molar-refractivity contribution is 5.71. The Labute approximate surface area is 390 Å². The smallest absolute Gasteiger partial charge is 0.306 e. The van der Waals surface area contributed by atoms with Crippen LogP contribution in [0.3, 0.4) is 0 Å². The van der Waals surface area contributed by atoms with Crippen molar-refractivity contribution in [2.45, 2.75) is 271 Å². The van der Waals surface area contributed by atoms with Crippen LogP contribution in [0.2, 0.25) is 0 Å². The highest BCUT2D eigenvalue weighted by Crippen LogP contribution is 2.15. The first-order valence-electron chi connectivity index (χ1n) is 26.8. The second-order valence-electron chi connectivity index (χ2n) is 17.8. The topological polar surface area (TPSA) is 78.9 Å². The molecule has 0 saturated heterocycles. The fourth-order valence-corrected chi connectivity index (χ4v) is 7.49. The summed E-state index contributed by atoms with van der Waals surface area (Å²) < 4.78 is 16.8. The predicted octanol–water partition coefficient (Wildman–Crippen LogP) is 17.6. The largest absolute Gasteiger partial charge is 0.462 e. The Kier molecular flexibility index (Phi) is 49.4. The van der Waals surface area contributed by atoms with Crippen LogP contribution in [0.25, 0.3) is 0 Å². The van der Waals surface area contributed by atoms with Gasteiger partial charge in [-0.1, -0.05) is 223 Å². The molecule has 0 aliphatic rings. The molecule has 0 N–H and O–H groups in total. The van der Waals surface area contributed by atoms with Crippen LogP contribution < -0.4 is 0 Å². The Balaban J connectivity index is 4.41. The van der Waals surface area contributed by atoms with Gasteiger partial charge in [0.2, 0.25) is 0 Å². The Morgan fingerprint density at radius 1 is 0.333 bits per heavy atom. The van der Waals surface area contributed by atoms with E-state index < -0.39 is 6.10 Å². The third-order valence-electron chi connectivity index (χ3n) is 11.5. The number of ether oxygens (including phenoxy) is 3. The van der Waals surface area contributed by atoms with E-state index in [9.17, 15) is 14.4 Å². The van der Waals surface area contributed by atoms with Gasteiger partial charge in [-0.3, -0.25) is 14.4 Å². The van der Waals surface area contributed by atoms with E-state index in [2.05, 4.69) is 81.5 Å². The normalized spacial score (nSPS) is 12.5. The quantitative estimate of drug-likeness (QED) is 0.0262. The summed E-state index contributed by atoms with van der Waals surface area (Å²) in [5.74, 6) is -0.910. The molecule has 6 heteroatoms. The monoisotopic (exact) mass is 881 g/mol. The van der Waals surface area contributed by atoms with Gasteiger partial charge in [0.05, 0.1) is 0 Å². The van der Waals surface area contributed by atoms with Crippen LogP contribution in [-0.2, 0) is 28.6 Å². The third kappa shape index (κ3) is 50.0. The number of allylic oxidation sites excluding steroid dienone is 10. The zero-order valence-corrected chi connectivity index (χ0v) is 41.6. The van der Waals surface area contributed by atoms with E-state index in [0.29, 0.717) is 19.3 Å². The van der Waals surface area contributed by atoms with Crippen molar-refractivity contribution in [1.82, 2.24) is 0 Å². The van der Waals surface area contributed by atoms with Gasteiger partial charge in [0.1, 0.15) is 13.2 Å². The van der Waals surface area contributed by atoms with Gasteiger partial charge in [-0.05, 0) is 83.5 Å². The Morgan fingerprint density at radius 3 is 0.984 bits per heavy atom. The molecular formula is C57H100O6. The Morgan fingerprint density at radius 2 is 0.619 bits per heavy atom. The minimum Gasteiger partial charge on any atom is -0.462 e. The molecule has 364 valence electrons. The van der Waals surface area contributed by atoms with Crippen LogP contribution in [0.4, 0.5) is 0 Å². The van der Waals surface area contributed by atoms with Crippen molar-refractivity contribution < 1.29 is 28.6 Å². The van der Waals surface area contributed by atoms with Gasteiger partial charge >= 0.3 is 17.9 Å². The number of esters is 3. The average molecular weight is 881 g/mol. The summed E-state index contributed by atoms with van der Waals surface area (Å²) in [6.45, 7) is 6.51. The first-order chi connectivity index (χ1) is 31.0. The lowest BCUT2D eigenvalue weighted by Crippen LogP contribution is -2.30. The predicted molar refractivity (Wildman–Crippen MR) is 270 cm³/mol. The van der Waals surface area contributed by atoms with Crippen LogP contribution in [0.15, 0.2) is 60.8 Å². The van der Waals surface area contributed by atoms with Crippen molar-refractivity contribution in [2.75, 3.05) is 13.2 Å². The van der Waals surface area contributed by atoms with Gasteiger partial charge in [0.15, 0.2) is 6.10 Å². The zero-order chi connectivity index (χ0) is 45.8. The first kappa shape index (κ1) is 60.1. The van der Waals surface area contributed by atoms with Gasteiger partial charge in [-0.25, -0.2) is 0 Å². The van der Waals surface area contributed by atoms with Gasteiger partial charge in [0.25, 0.3) is 0 Å². The van der Waals surface area contributed by atoms with E-state index in [1.165, 1.54) is 116 Å². The van der Waals surface area contributed by atoms with Crippen LogP contribution in [0.1, 0.15) is 265 Å². The molecule has 0 aliphatic heterocycles. The molecule has 0 saturated carbocycles. The zero-order valence-electron chi connectivity index (χ0n) is 41.6. The maximum absolute atomic E-state index is 12.8. The average Bonchev–Trinajstić information content (AvgIpc) is 3.28. The first-order valence-corrected chi connectivity index (χ1v) is 26.8. The molecule has 1 unspecified atom stereocenters. The van der Waals surface area contributed by atoms with Gasteiger partial charge in [0, 0.05) is 19.3 Å². The van der Waals surface area contributed by atoms with Crippen molar-refractivity contribution in [3.63, 3.8) is 0 Å². The summed E-state index contributed by atoms with van der Waals surface area (Å²) in [4.78, 5) is 38.0. The van der Waals surface area contributed by atoms with Crippen molar-refractivity contribution in [3.8, 4) is 0 Å². The van der Waals surface area contributed by atoms with E-state index >= 15 is 0 Å². The van der Waals surface area contributed by atoms with E-state index in [0.717, 1.165) is 109 Å². The Bertz CT molecular complexity index is 1150. The fourth-order valence-electron chi connectivity index (χ4n) is 7.49. The van der Waals surface area contributed by atoms with Crippen molar-refractivity contribution in [2.24, 2.45) is 0 Å². The van der Waals surface area contributed by atoms with E-state index in [-0.39, 0.29) is 31.1 Å². The van der Waals surface area contributed by atoms with Crippen LogP contribution in [-0.4, -0.2) is 37.2 Å². The molecule has 0 aromatic carbocycles. The lowest BCUT2D eigenvalue weighted by Gasteiger charge is -2.18. The SMILES string of the molecule is CC/C=C\C/C=C\C/C=C\C/C=C\CCCCCCC(=O)OCC(COC(=O)CCCCCCCCCCCCCC)OC(=O)CCCCCCC/C=C\CCCCCCCCC. The van der Waals surface area contributed by atoms with Crippen molar-refractivity contribution in [3.05, 3.63) is 60.8 Å². The molecule has 0 heterocycles. The summed E-state index contributed by atoms with van der Waals surface area (Å²) >= 11 is 0. The molecule has 0 fully saturated rings. The molecule has 1 atom stereocenters. The van der Waals surface area contributed by atoms with Crippen LogP contribution in [0, 0.1) is 0 Å². The maximum atomic E-state index is 12.8. The number of unbranched alkanes of at least 4 members (excludes halogenated alkanes) is 27. The van der Waals surface area contributed by atoms with Crippen molar-refractivity contribution in [1.29, 1.82) is 0 Å². The molecule has 0 radical (unpaired) electrons. The van der Waals surface area contributed by atoms with Crippen LogP contribution >= 0.6 is 0 Å². The molecule has 0 aliphatic carbocycles. The number of hydrogen-bond acceptors (Lipinski definition) is 6. The molecule has 0 aromatic heterocycles. The molecular weight excluding hydrogens is 781 g/mol. The number of carbonyl (C=O) groups excluding carboxylic acids is 3. The Hall–Kier alpha value is -2.89. The van der Waals surface area contributed by atoms with Crippen LogP contribution in [0.5, 0.6) is 0 Å². The van der Waals surface area contributed by atoms with E-state index in [4.69, 9.17) is 14.2 Å². The molecule has 0 spiro atoms. The number of rotatable bonds is 48. The lowest BCUT2D eigenvalue weighted by atomic mass is 10.0. The van der Waals surface area contributed by atoms with E-state index in [1.807, 2.05) is 0 Å². The molecule has 0 aromatic rings. The second-order valence-corrected chi connectivity index (χ2v) is 17.8. The van der Waals surface area contributed by atoms with E-state index in [1.54, 1.807) is 0 Å². The highest BCUT2D eigenvalue weighted by Gasteiger charge is 2.19. The van der Waals surface area contributed by atoms with Crippen molar-refractivity contribution >= 4 is 17.9 Å². The highest BCUT2D eigenvalue weighted by atomic mass is 16.6. The maximum Gasteiger partial charge on any atom is 0.306 e. The summed E-state index contributed by atoms with van der Waals surface area (Å²) in [7, 11) is 0. The minimum atomic E-state index is -0.786. The minimum absolute atomic E-state index is 0.0834. The summed E-state index contributed by atoms with van der Waals surface area (Å²) in [5, 5.41) is 0. The van der Waals surface area contributed by atoms with Gasteiger partial charge in [-0.15, -0.1) is 0 Å². The summed E-state index contributed by atoms with van der Waals surface area (Å²) in [6, 6.07) is 0. The standard InChI is InChI=1S/C57H100O6/c1-4-7-10-13-16-19-22-25-27-29-31-32-35-38-41-44-47-50-56(59)62-53-54(52-61-55(58)49-46-43-40-37-34-24-21-18-15-12-9-6-3)63-57(60)51-48-45-42-39-36-33-30-28-26-23-20-17-14-11-8-5-2/h7,10,16,19,25,27-28,30-32,54H,4-6,8-9,11-15,17-18,20-24,26,29,33-53H2,1-3H3/b10-7-,19-16-,27-25-,30-28-,32-31-. The fraction of sp³-hybridized carbons (Fsp3) is 0.772. The summed E-state index contributed by atoms with van der Waals surface area (Å²) in [6.07, 6.45) is 63.4. The lowest BCUT2D eigenvalue weighted by molar-refractivity contribution is -0.167. The summed E-state index contributed by atoms with van der Waals surface area (Å²) in [5.41, 5.74) is 0. The number of carbonyl (C=O) groups is 3. The molecule has 63 heavy (non-hydrogen) atoms. The molecule has 0 bridgehead atoms. The third-order valence-corrected chi connectivity index (χ3v) is 11.5. The van der Waals surface area contributed by atoms with Gasteiger partial charge < -0.3 is 14.2 Å². The molecule has 0 amide bonds. The molecule has 6 nitrogen and oxygen atoms in total. The second kappa shape index (κ2) is 51.7.